The summed E-state index contributed by atoms with van der Waals surface area (Å²) in [5.74, 6) is 0.292. The van der Waals surface area contributed by atoms with E-state index in [0.29, 0.717) is 6.42 Å². The predicted octanol–water partition coefficient (Wildman–Crippen LogP) is 0.180. The average Bonchev–Trinajstić information content (AvgIpc) is 1.33. The highest BCUT2D eigenvalue weighted by Crippen LogP contribution is 2.06. The minimum Gasteiger partial charge on any atom is -0.471 e. The van der Waals surface area contributed by atoms with E-state index in [-0.39, 0.29) is 11.5 Å². The van der Waals surface area contributed by atoms with Crippen molar-refractivity contribution in [2.24, 2.45) is 0 Å². The van der Waals surface area contributed by atoms with Crippen LogP contribution < -0.4 is 0 Å². The molecule has 0 aromatic heterocycles. The molecule has 0 spiro atoms. The Balaban J connectivity index is 2.68. The van der Waals surface area contributed by atoms with Crippen molar-refractivity contribution in [2.75, 3.05) is 0 Å². The summed E-state index contributed by atoms with van der Waals surface area (Å²) in [7, 11) is 0. The van der Waals surface area contributed by atoms with Crippen molar-refractivity contribution in [1.82, 2.24) is 0 Å². The maximum atomic E-state index is 8.24. The van der Waals surface area contributed by atoms with Crippen LogP contribution >= 0.6 is 0 Å². The van der Waals surface area contributed by atoms with Gasteiger partial charge in [-0.2, -0.15) is 0 Å². The van der Waals surface area contributed by atoms with Gasteiger partial charge in [-0.3, -0.25) is 0 Å². The Labute approximate surface area is 35.1 Å². The number of aliphatic hydroxyl groups excluding tert-OH is 1. The second-order valence-electron chi connectivity index (χ2n) is 1.20. The second kappa shape index (κ2) is 0.791. The summed E-state index contributed by atoms with van der Waals surface area (Å²) in [5, 5.41) is 8.24. The average molecular weight is 84.1 g/mol. The molecule has 0 aromatic rings. The highest BCUT2D eigenvalue weighted by molar-refractivity contribution is 5.94. The SMILES string of the molecule is OC1=[C+]C(=[OH+])C1. The minimum absolute atomic E-state index is 0.146. The van der Waals surface area contributed by atoms with Crippen LogP contribution in [0.1, 0.15) is 6.42 Å². The van der Waals surface area contributed by atoms with Crippen LogP contribution in [0.5, 0.6) is 0 Å². The van der Waals surface area contributed by atoms with E-state index < -0.39 is 0 Å². The van der Waals surface area contributed by atoms with Crippen LogP contribution in [0.3, 0.4) is 0 Å². The van der Waals surface area contributed by atoms with Crippen LogP contribution in [0, 0.1) is 6.08 Å². The van der Waals surface area contributed by atoms with Crippen molar-refractivity contribution >= 4 is 5.78 Å². The molecule has 2 N–H and O–H groups in total. The molecule has 0 saturated carbocycles. The van der Waals surface area contributed by atoms with E-state index in [4.69, 9.17) is 9.90 Å². The summed E-state index contributed by atoms with van der Waals surface area (Å²) in [6.45, 7) is 0. The quantitative estimate of drug-likeness (QED) is 0.330. The molecule has 1 aliphatic rings. The van der Waals surface area contributed by atoms with Gasteiger partial charge in [0.1, 0.15) is 0 Å². The maximum absolute atomic E-state index is 8.24. The van der Waals surface area contributed by atoms with Gasteiger partial charge in [-0.25, -0.2) is 4.79 Å². The molecule has 2 heteroatoms. The monoisotopic (exact) mass is 84.0 g/mol. The minimum atomic E-state index is 0.146. The number of hydrogen-bond acceptors (Lipinski definition) is 1. The van der Waals surface area contributed by atoms with Gasteiger partial charge in [0.25, 0.3) is 0 Å². The molecule has 0 aromatic carbocycles. The molecular weight excluding hydrogens is 80.0 g/mol. The zero-order chi connectivity index (χ0) is 4.57. The lowest BCUT2D eigenvalue weighted by Gasteiger charge is -1.77. The number of allylic oxidation sites excluding steroid dienone is 2. The van der Waals surface area contributed by atoms with Crippen LogP contribution in [0.25, 0.3) is 0 Å². The lowest BCUT2D eigenvalue weighted by Crippen LogP contribution is -2.08. The molecule has 0 bridgehead atoms. The van der Waals surface area contributed by atoms with E-state index in [9.17, 15) is 0 Å². The summed E-state index contributed by atoms with van der Waals surface area (Å²) in [5.41, 5.74) is 0. The Morgan fingerprint density at radius 3 is 2.33 bits per heavy atom. The molecule has 6 heavy (non-hydrogen) atoms. The summed E-state index contributed by atoms with van der Waals surface area (Å²) in [4.78, 5) is 8.24. The molecule has 1 rings (SSSR count). The third-order valence-corrected chi connectivity index (χ3v) is 0.623. The van der Waals surface area contributed by atoms with Gasteiger partial charge in [0.15, 0.2) is 0 Å². The number of aliphatic hydroxyl groups is 1. The highest BCUT2D eigenvalue weighted by atomic mass is 16.3. The van der Waals surface area contributed by atoms with Gasteiger partial charge in [-0.1, -0.05) is 0 Å². The smallest absolute Gasteiger partial charge is 0.471 e. The van der Waals surface area contributed by atoms with Crippen molar-refractivity contribution in [3.8, 4) is 0 Å². The van der Waals surface area contributed by atoms with E-state index in [1.165, 1.54) is 0 Å². The van der Waals surface area contributed by atoms with E-state index in [1.54, 1.807) is 0 Å². The second-order valence-corrected chi connectivity index (χ2v) is 1.20. The molecule has 0 heterocycles. The molecule has 1 aliphatic carbocycles. The zero-order valence-electron chi connectivity index (χ0n) is 3.10. The lowest BCUT2D eigenvalue weighted by atomic mass is 10.1. The third kappa shape index (κ3) is 0.277. The van der Waals surface area contributed by atoms with Crippen molar-refractivity contribution in [2.45, 2.75) is 6.42 Å². The van der Waals surface area contributed by atoms with Gasteiger partial charge < -0.3 is 5.11 Å². The Kier molecular flexibility index (Phi) is 0.437. The van der Waals surface area contributed by atoms with Crippen LogP contribution in [0.15, 0.2) is 5.76 Å². The first kappa shape index (κ1) is 3.32. The van der Waals surface area contributed by atoms with Gasteiger partial charge in [0.05, 0.1) is 0 Å². The molecular formula is C4H4O2+2. The molecule has 0 unspecified atom stereocenters. The van der Waals surface area contributed by atoms with E-state index in [0.717, 1.165) is 0 Å². The molecule has 0 amide bonds. The standard InChI is InChI=1S/C4H2O2/c5-3-1-4(6)2-3/h1H2/p+2. The third-order valence-electron chi connectivity index (χ3n) is 0.623. The van der Waals surface area contributed by atoms with Crippen molar-refractivity contribution in [3.05, 3.63) is 11.8 Å². The number of hydrogen-bond donors (Lipinski definition) is 1. The zero-order valence-corrected chi connectivity index (χ0v) is 3.10. The van der Waals surface area contributed by atoms with Crippen molar-refractivity contribution < 1.29 is 9.90 Å². The first-order chi connectivity index (χ1) is 2.79. The molecule has 0 fully saturated rings. The first-order valence-electron chi connectivity index (χ1n) is 1.65. The summed E-state index contributed by atoms with van der Waals surface area (Å²) in [6, 6.07) is 0. The Hall–Kier alpha value is -0.880. The Bertz CT molecular complexity index is 113. The molecule has 2 nitrogen and oxygen atoms in total. The fraction of sp³-hybridized carbons (Fsp3) is 0.250. The molecule has 0 radical (unpaired) electrons. The lowest BCUT2D eigenvalue weighted by molar-refractivity contribution is 0.387. The Morgan fingerprint density at radius 2 is 2.33 bits per heavy atom. The van der Waals surface area contributed by atoms with E-state index in [2.05, 4.69) is 6.08 Å². The van der Waals surface area contributed by atoms with Gasteiger partial charge >= 0.3 is 17.6 Å². The normalized spacial score (nSPS) is 18.0. The van der Waals surface area contributed by atoms with Crippen LogP contribution in [0.2, 0.25) is 0 Å². The largest absolute Gasteiger partial charge is 0.571 e. The van der Waals surface area contributed by atoms with Crippen LogP contribution in [-0.2, 0) is 0 Å². The van der Waals surface area contributed by atoms with E-state index >= 15 is 0 Å². The highest BCUT2D eigenvalue weighted by Gasteiger charge is 2.41. The van der Waals surface area contributed by atoms with E-state index in [1.807, 2.05) is 0 Å². The number of carbonyl (C=O) groups excluding carboxylic acids is 1. The van der Waals surface area contributed by atoms with Gasteiger partial charge in [0.2, 0.25) is 6.42 Å². The van der Waals surface area contributed by atoms with Crippen LogP contribution in [-0.4, -0.2) is 15.7 Å². The molecule has 0 atom stereocenters. The van der Waals surface area contributed by atoms with Gasteiger partial charge in [-0.05, 0) is 0 Å². The Morgan fingerprint density at radius 1 is 1.83 bits per heavy atom. The molecule has 0 aliphatic heterocycles. The predicted molar refractivity (Wildman–Crippen MR) is 20.9 cm³/mol. The van der Waals surface area contributed by atoms with Gasteiger partial charge in [-0.15, -0.1) is 0 Å². The molecule has 30 valence electrons. The molecule has 0 saturated heterocycles. The fourth-order valence-corrected chi connectivity index (χ4v) is 0.307. The topological polar surface area (TPSA) is 41.6 Å². The summed E-state index contributed by atoms with van der Waals surface area (Å²) < 4.78 is 0. The maximum Gasteiger partial charge on any atom is 0.571 e. The van der Waals surface area contributed by atoms with Crippen LogP contribution in [0.4, 0.5) is 0 Å². The van der Waals surface area contributed by atoms with Crippen molar-refractivity contribution in [1.29, 1.82) is 0 Å². The number of ketones is 1. The number of rotatable bonds is 0. The van der Waals surface area contributed by atoms with Gasteiger partial charge in [0, 0.05) is 0 Å². The fourth-order valence-electron chi connectivity index (χ4n) is 0.307. The van der Waals surface area contributed by atoms with Crippen molar-refractivity contribution in [3.63, 3.8) is 0 Å². The summed E-state index contributed by atoms with van der Waals surface area (Å²) in [6.07, 6.45) is 2.56. The first-order valence-corrected chi connectivity index (χ1v) is 1.65. The summed E-state index contributed by atoms with van der Waals surface area (Å²) >= 11 is 0.